The number of halogens is 2. The van der Waals surface area contributed by atoms with Gasteiger partial charge in [-0.3, -0.25) is 0 Å². The number of esters is 1. The molecule has 3 saturated carbocycles. The van der Waals surface area contributed by atoms with Gasteiger partial charge in [-0.05, 0) is 175 Å². The highest BCUT2D eigenvalue weighted by Gasteiger charge is 2.63. The highest BCUT2D eigenvalue weighted by Crippen LogP contribution is 2.57. The molecule has 0 amide bonds. The largest absolute Gasteiger partial charge is 0.453 e. The van der Waals surface area contributed by atoms with Crippen molar-refractivity contribution in [3.8, 4) is 0 Å². The SMILES string of the molecule is CCN1CCCC2C(CC3CCC4(OC(=O)c5ccc(Br)cc5)C5CC6C(CC(C)CC6N(C)C5)CC4N3OC(=O)c3ccc(Br)cc3)CC(C)CC21. The van der Waals surface area contributed by atoms with E-state index in [9.17, 15) is 9.59 Å². The van der Waals surface area contributed by atoms with E-state index in [0.717, 1.165) is 54.1 Å². The lowest BCUT2D eigenvalue weighted by atomic mass is 9.64. The molecule has 12 atom stereocenters. The standard InChI is InChI=1S/C44H59Br2N3O4/c1-5-48-18-6-7-37-31(19-28(3)22-40(37)48)23-36-16-17-44(52-42(50)29-8-12-34(45)13-9-29)33-25-38-32(20-27(2)21-39(38)47(4)26-33)24-41(44)49(36)53-43(51)30-10-14-35(46)15-11-30/h8-15,27-28,31-33,36-41H,5-7,16-26H2,1-4H3. The topological polar surface area (TPSA) is 62.3 Å². The van der Waals surface area contributed by atoms with E-state index in [1.165, 1.54) is 45.1 Å². The Morgan fingerprint density at radius 1 is 0.811 bits per heavy atom. The fourth-order valence-electron chi connectivity index (χ4n) is 12.6. The van der Waals surface area contributed by atoms with Gasteiger partial charge in [0.2, 0.25) is 0 Å². The minimum atomic E-state index is -0.771. The Morgan fingerprint density at radius 3 is 2.17 bits per heavy atom. The molecule has 2 aromatic rings. The monoisotopic (exact) mass is 851 g/mol. The first-order valence-electron chi connectivity index (χ1n) is 20.7. The van der Waals surface area contributed by atoms with Crippen LogP contribution in [-0.2, 0) is 9.57 Å². The van der Waals surface area contributed by atoms with Gasteiger partial charge in [0, 0.05) is 39.5 Å². The number of hydrogen-bond donors (Lipinski definition) is 0. The summed E-state index contributed by atoms with van der Waals surface area (Å²) < 4.78 is 8.94. The van der Waals surface area contributed by atoms with Crippen LogP contribution in [0.2, 0.25) is 0 Å². The summed E-state index contributed by atoms with van der Waals surface area (Å²) in [7, 11) is 2.30. The number of hydrogen-bond acceptors (Lipinski definition) is 7. The Kier molecular flexibility index (Phi) is 11.2. The molecule has 6 aliphatic rings. The summed E-state index contributed by atoms with van der Waals surface area (Å²) in [5, 5.41) is 2.16. The zero-order chi connectivity index (χ0) is 37.0. The number of ether oxygens (including phenoxy) is 1. The third-order valence-electron chi connectivity index (χ3n) is 14.9. The number of rotatable bonds is 7. The maximum atomic E-state index is 14.4. The molecule has 288 valence electrons. The molecule has 3 aliphatic carbocycles. The first kappa shape index (κ1) is 38.1. The van der Waals surface area contributed by atoms with Crippen molar-refractivity contribution in [1.82, 2.24) is 14.9 Å². The number of nitrogens with zero attached hydrogens (tertiary/aromatic N) is 3. The van der Waals surface area contributed by atoms with E-state index < -0.39 is 5.60 Å². The number of benzene rings is 2. The van der Waals surface area contributed by atoms with Crippen LogP contribution in [0.5, 0.6) is 0 Å². The van der Waals surface area contributed by atoms with Crippen LogP contribution < -0.4 is 0 Å². The van der Waals surface area contributed by atoms with Crippen LogP contribution in [0.4, 0.5) is 0 Å². The minimum absolute atomic E-state index is 0.0688. The van der Waals surface area contributed by atoms with Crippen LogP contribution >= 0.6 is 31.9 Å². The summed E-state index contributed by atoms with van der Waals surface area (Å²) in [6.45, 7) is 10.4. The lowest BCUT2D eigenvalue weighted by molar-refractivity contribution is -0.253. The van der Waals surface area contributed by atoms with Gasteiger partial charge in [0.1, 0.15) is 5.60 Å². The van der Waals surface area contributed by atoms with Gasteiger partial charge in [-0.25, -0.2) is 9.59 Å². The summed E-state index contributed by atoms with van der Waals surface area (Å²) >= 11 is 7.09. The number of likely N-dealkylation sites (tertiary alicyclic amines) is 2. The van der Waals surface area contributed by atoms with Crippen molar-refractivity contribution in [2.24, 2.45) is 41.4 Å². The van der Waals surface area contributed by atoms with E-state index in [1.807, 2.05) is 48.5 Å². The normalized spacial score (nSPS) is 38.9. The number of carbonyl (C=O) groups excluding carboxylic acids is 2. The van der Waals surface area contributed by atoms with E-state index in [1.54, 1.807) is 0 Å². The van der Waals surface area contributed by atoms with Crippen molar-refractivity contribution < 1.29 is 19.2 Å². The molecule has 6 fully saturated rings. The van der Waals surface area contributed by atoms with Gasteiger partial charge in [0.05, 0.1) is 17.2 Å². The molecule has 0 radical (unpaired) electrons. The van der Waals surface area contributed by atoms with Crippen LogP contribution in [0.15, 0.2) is 57.5 Å². The summed E-state index contributed by atoms with van der Waals surface area (Å²) in [5.41, 5.74) is 0.344. The zero-order valence-corrected chi connectivity index (χ0v) is 35.3. The Bertz CT molecular complexity index is 1620. The van der Waals surface area contributed by atoms with Crippen molar-refractivity contribution in [3.05, 3.63) is 68.6 Å². The molecule has 0 spiro atoms. The van der Waals surface area contributed by atoms with Crippen LogP contribution in [0.1, 0.15) is 112 Å². The lowest BCUT2D eigenvalue weighted by Gasteiger charge is -2.56. The number of hydroxylamine groups is 2. The first-order valence-corrected chi connectivity index (χ1v) is 22.3. The number of piperidine rings is 3. The molecule has 8 rings (SSSR count). The molecule has 9 heteroatoms. The number of carbonyl (C=O) groups is 2. The predicted molar refractivity (Wildman–Crippen MR) is 215 cm³/mol. The van der Waals surface area contributed by atoms with E-state index in [4.69, 9.17) is 9.57 Å². The summed E-state index contributed by atoms with van der Waals surface area (Å²) in [6, 6.07) is 16.1. The van der Waals surface area contributed by atoms with E-state index in [-0.39, 0.29) is 29.9 Å². The molecule has 2 bridgehead atoms. The molecule has 0 aromatic heterocycles. The Hall–Kier alpha value is -1.78. The fourth-order valence-corrected chi connectivity index (χ4v) is 13.2. The van der Waals surface area contributed by atoms with Crippen LogP contribution in [0.25, 0.3) is 0 Å². The average Bonchev–Trinajstić information content (AvgIpc) is 3.25. The van der Waals surface area contributed by atoms with Gasteiger partial charge in [-0.2, -0.15) is 0 Å². The maximum Gasteiger partial charge on any atom is 0.357 e. The minimum Gasteiger partial charge on any atom is -0.453 e. The van der Waals surface area contributed by atoms with Crippen molar-refractivity contribution >= 4 is 43.8 Å². The quantitative estimate of drug-likeness (QED) is 0.257. The second-order valence-corrected chi connectivity index (χ2v) is 19.9. The van der Waals surface area contributed by atoms with Crippen molar-refractivity contribution in [3.63, 3.8) is 0 Å². The predicted octanol–water partition coefficient (Wildman–Crippen LogP) is 9.64. The Balaban J connectivity index is 1.20. The highest BCUT2D eigenvalue weighted by molar-refractivity contribution is 9.10. The van der Waals surface area contributed by atoms with E-state index >= 15 is 0 Å². The van der Waals surface area contributed by atoms with Gasteiger partial charge in [-0.15, -0.1) is 5.06 Å². The summed E-state index contributed by atoms with van der Waals surface area (Å²) in [5.74, 6) is 3.15. The Morgan fingerprint density at radius 2 is 1.47 bits per heavy atom. The molecule has 3 saturated heterocycles. The van der Waals surface area contributed by atoms with Crippen molar-refractivity contribution in [2.45, 2.75) is 121 Å². The lowest BCUT2D eigenvalue weighted by Crippen LogP contribution is -2.67. The molecule has 53 heavy (non-hydrogen) atoms. The van der Waals surface area contributed by atoms with Gasteiger partial charge in [0.15, 0.2) is 0 Å². The molecular weight excluding hydrogens is 794 g/mol. The van der Waals surface area contributed by atoms with Crippen LogP contribution in [0, 0.1) is 41.4 Å². The van der Waals surface area contributed by atoms with Gasteiger partial charge in [-0.1, -0.05) is 52.6 Å². The second kappa shape index (κ2) is 15.6. The molecule has 3 aliphatic heterocycles. The number of fused-ring (bicyclic) bond motifs is 4. The van der Waals surface area contributed by atoms with E-state index in [2.05, 4.69) is 74.5 Å². The molecule has 7 nitrogen and oxygen atoms in total. The average molecular weight is 854 g/mol. The third-order valence-corrected chi connectivity index (χ3v) is 16.0. The summed E-state index contributed by atoms with van der Waals surface area (Å²) in [4.78, 5) is 40.8. The van der Waals surface area contributed by atoms with Crippen molar-refractivity contribution in [2.75, 3.05) is 26.7 Å². The van der Waals surface area contributed by atoms with Crippen molar-refractivity contribution in [1.29, 1.82) is 0 Å². The second-order valence-electron chi connectivity index (χ2n) is 18.1. The Labute approximate surface area is 334 Å². The van der Waals surface area contributed by atoms with Gasteiger partial charge in [0.25, 0.3) is 0 Å². The molecule has 3 heterocycles. The molecule has 2 aromatic carbocycles. The van der Waals surface area contributed by atoms with E-state index in [0.29, 0.717) is 58.7 Å². The van der Waals surface area contributed by atoms with Gasteiger partial charge < -0.3 is 19.4 Å². The fraction of sp³-hybridized carbons (Fsp3) is 0.682. The van der Waals surface area contributed by atoms with Crippen LogP contribution in [0.3, 0.4) is 0 Å². The zero-order valence-electron chi connectivity index (χ0n) is 32.1. The highest BCUT2D eigenvalue weighted by atomic mass is 79.9. The van der Waals surface area contributed by atoms with Crippen LogP contribution in [-0.4, -0.2) is 83.3 Å². The summed E-state index contributed by atoms with van der Waals surface area (Å²) in [6.07, 6.45) is 12.1. The molecular formula is C44H59Br2N3O4. The van der Waals surface area contributed by atoms with Gasteiger partial charge >= 0.3 is 11.9 Å². The first-order chi connectivity index (χ1) is 25.5. The molecule has 0 N–H and O–H groups in total. The molecule has 12 unspecified atom stereocenters. The maximum absolute atomic E-state index is 14.4. The third kappa shape index (κ3) is 7.45. The smallest absolute Gasteiger partial charge is 0.357 e.